The van der Waals surface area contributed by atoms with Crippen LogP contribution in [0.4, 0.5) is 14.5 Å². The zero-order valence-electron chi connectivity index (χ0n) is 10.2. The number of benzene rings is 2. The zero-order chi connectivity index (χ0) is 14.1. The lowest BCUT2D eigenvalue weighted by Gasteiger charge is -1.96. The number of hydrogen-bond acceptors (Lipinski definition) is 4. The molecule has 3 aromatic rings. The third-order valence-corrected chi connectivity index (χ3v) is 2.70. The Morgan fingerprint density at radius 1 is 0.900 bits per heavy atom. The molecule has 0 unspecified atom stereocenters. The fraction of sp³-hybridized carbons (Fsp3) is 0. The number of nitrogens with zero attached hydrogens (tertiary/aromatic N) is 2. The van der Waals surface area contributed by atoms with Crippen molar-refractivity contribution in [1.82, 2.24) is 10.1 Å². The molecule has 3 rings (SSSR count). The highest BCUT2D eigenvalue weighted by molar-refractivity contribution is 5.61. The summed E-state index contributed by atoms with van der Waals surface area (Å²) in [5.74, 6) is -1.02. The first-order chi connectivity index (χ1) is 9.61. The number of nitrogens with two attached hydrogens (primary N) is 1. The second-order valence-electron chi connectivity index (χ2n) is 4.20. The van der Waals surface area contributed by atoms with Crippen LogP contribution < -0.4 is 5.73 Å². The molecule has 0 atom stereocenters. The average molecular weight is 273 g/mol. The number of nitrogen functional groups attached to an aromatic ring is 1. The van der Waals surface area contributed by atoms with Crippen molar-refractivity contribution in [1.29, 1.82) is 0 Å². The summed E-state index contributed by atoms with van der Waals surface area (Å²) in [7, 11) is 0. The minimum atomic E-state index is -0.696. The van der Waals surface area contributed by atoms with Crippen LogP contribution in [-0.4, -0.2) is 10.1 Å². The second-order valence-corrected chi connectivity index (χ2v) is 4.20. The standard InChI is InChI=1S/C14H9F2N3O/c15-10-5-9(6-11(16)7-10)13-18-14(20-19-13)8-1-3-12(17)4-2-8/h1-7H,17H2. The van der Waals surface area contributed by atoms with Gasteiger partial charge in [0.15, 0.2) is 0 Å². The van der Waals surface area contributed by atoms with E-state index >= 15 is 0 Å². The Balaban J connectivity index is 1.99. The smallest absolute Gasteiger partial charge is 0.258 e. The number of aromatic nitrogens is 2. The molecule has 0 aliphatic heterocycles. The quantitative estimate of drug-likeness (QED) is 0.728. The molecule has 0 fully saturated rings. The average Bonchev–Trinajstić information content (AvgIpc) is 2.88. The van der Waals surface area contributed by atoms with Gasteiger partial charge in [0.1, 0.15) is 11.6 Å². The summed E-state index contributed by atoms with van der Waals surface area (Å²) >= 11 is 0. The van der Waals surface area contributed by atoms with Gasteiger partial charge >= 0.3 is 0 Å². The highest BCUT2D eigenvalue weighted by atomic mass is 19.1. The Bertz CT molecular complexity index is 733. The summed E-state index contributed by atoms with van der Waals surface area (Å²) in [6.07, 6.45) is 0. The first-order valence-corrected chi connectivity index (χ1v) is 5.78. The fourth-order valence-electron chi connectivity index (χ4n) is 1.77. The molecule has 100 valence electrons. The number of halogens is 2. The summed E-state index contributed by atoms with van der Waals surface area (Å²) < 4.78 is 31.4. The minimum absolute atomic E-state index is 0.121. The molecule has 6 heteroatoms. The van der Waals surface area contributed by atoms with Gasteiger partial charge in [-0.2, -0.15) is 4.98 Å². The van der Waals surface area contributed by atoms with Gasteiger partial charge in [0, 0.05) is 22.9 Å². The van der Waals surface area contributed by atoms with E-state index in [2.05, 4.69) is 10.1 Å². The molecule has 0 aliphatic carbocycles. The van der Waals surface area contributed by atoms with E-state index in [1.807, 2.05) is 0 Å². The van der Waals surface area contributed by atoms with Gasteiger partial charge in [-0.3, -0.25) is 0 Å². The van der Waals surface area contributed by atoms with E-state index in [9.17, 15) is 8.78 Å². The molecule has 0 aliphatic rings. The van der Waals surface area contributed by atoms with Crippen LogP contribution in [-0.2, 0) is 0 Å². The molecule has 0 radical (unpaired) electrons. The lowest BCUT2D eigenvalue weighted by molar-refractivity contribution is 0.432. The van der Waals surface area contributed by atoms with Gasteiger partial charge in [-0.25, -0.2) is 8.78 Å². The zero-order valence-corrected chi connectivity index (χ0v) is 10.2. The number of rotatable bonds is 2. The first-order valence-electron chi connectivity index (χ1n) is 5.78. The van der Waals surface area contributed by atoms with Crippen LogP contribution in [0.2, 0.25) is 0 Å². The Morgan fingerprint density at radius 2 is 1.55 bits per heavy atom. The number of anilines is 1. The molecule has 0 saturated heterocycles. The summed E-state index contributed by atoms with van der Waals surface area (Å²) in [5.41, 5.74) is 7.09. The molecule has 0 amide bonds. The van der Waals surface area contributed by atoms with Gasteiger partial charge in [0.2, 0.25) is 5.82 Å². The van der Waals surface area contributed by atoms with Crippen molar-refractivity contribution in [2.24, 2.45) is 0 Å². The van der Waals surface area contributed by atoms with Crippen molar-refractivity contribution in [3.05, 3.63) is 54.1 Å². The molecule has 0 spiro atoms. The molecular formula is C14H9F2N3O. The van der Waals surface area contributed by atoms with Crippen molar-refractivity contribution in [3.63, 3.8) is 0 Å². The van der Waals surface area contributed by atoms with E-state index in [-0.39, 0.29) is 17.3 Å². The first kappa shape index (κ1) is 12.3. The minimum Gasteiger partial charge on any atom is -0.399 e. The van der Waals surface area contributed by atoms with Crippen molar-refractivity contribution >= 4 is 5.69 Å². The SMILES string of the molecule is Nc1ccc(-c2nc(-c3cc(F)cc(F)c3)no2)cc1. The molecule has 1 heterocycles. The van der Waals surface area contributed by atoms with Gasteiger partial charge in [0.25, 0.3) is 5.89 Å². The van der Waals surface area contributed by atoms with E-state index in [4.69, 9.17) is 10.3 Å². The summed E-state index contributed by atoms with van der Waals surface area (Å²) in [4.78, 5) is 4.11. The van der Waals surface area contributed by atoms with E-state index in [0.29, 0.717) is 11.3 Å². The molecule has 1 aromatic heterocycles. The van der Waals surface area contributed by atoms with Gasteiger partial charge < -0.3 is 10.3 Å². The van der Waals surface area contributed by atoms with E-state index in [0.717, 1.165) is 18.2 Å². The van der Waals surface area contributed by atoms with Crippen molar-refractivity contribution in [2.75, 3.05) is 5.73 Å². The molecule has 20 heavy (non-hydrogen) atoms. The van der Waals surface area contributed by atoms with Crippen LogP contribution in [0.5, 0.6) is 0 Å². The molecule has 2 aromatic carbocycles. The monoisotopic (exact) mass is 273 g/mol. The third kappa shape index (κ3) is 2.35. The van der Waals surface area contributed by atoms with Crippen LogP contribution in [0.1, 0.15) is 0 Å². The maximum atomic E-state index is 13.1. The Hall–Kier alpha value is -2.76. The highest BCUT2D eigenvalue weighted by Crippen LogP contribution is 2.24. The van der Waals surface area contributed by atoms with Crippen molar-refractivity contribution in [3.8, 4) is 22.8 Å². The molecular weight excluding hydrogens is 264 g/mol. The fourth-order valence-corrected chi connectivity index (χ4v) is 1.77. The molecule has 0 saturated carbocycles. The van der Waals surface area contributed by atoms with E-state index < -0.39 is 11.6 Å². The normalized spacial score (nSPS) is 10.7. The highest BCUT2D eigenvalue weighted by Gasteiger charge is 2.12. The predicted molar refractivity (Wildman–Crippen MR) is 69.5 cm³/mol. The van der Waals surface area contributed by atoms with Crippen LogP contribution >= 0.6 is 0 Å². The van der Waals surface area contributed by atoms with E-state index in [1.165, 1.54) is 0 Å². The van der Waals surface area contributed by atoms with Gasteiger partial charge in [-0.15, -0.1) is 0 Å². The third-order valence-electron chi connectivity index (χ3n) is 2.70. The Morgan fingerprint density at radius 3 is 2.20 bits per heavy atom. The molecule has 4 nitrogen and oxygen atoms in total. The van der Waals surface area contributed by atoms with Crippen LogP contribution in [0.3, 0.4) is 0 Å². The number of hydrogen-bond donors (Lipinski definition) is 1. The predicted octanol–water partition coefficient (Wildman–Crippen LogP) is 3.26. The Kier molecular flexibility index (Phi) is 2.90. The lowest BCUT2D eigenvalue weighted by Crippen LogP contribution is -1.86. The lowest BCUT2D eigenvalue weighted by atomic mass is 10.2. The maximum absolute atomic E-state index is 13.1. The molecule has 0 bridgehead atoms. The van der Waals surface area contributed by atoms with Gasteiger partial charge in [-0.05, 0) is 36.4 Å². The largest absolute Gasteiger partial charge is 0.399 e. The summed E-state index contributed by atoms with van der Waals surface area (Å²) in [6, 6.07) is 9.89. The molecule has 2 N–H and O–H groups in total. The maximum Gasteiger partial charge on any atom is 0.258 e. The van der Waals surface area contributed by atoms with Crippen molar-refractivity contribution in [2.45, 2.75) is 0 Å². The van der Waals surface area contributed by atoms with Crippen LogP contribution in [0.15, 0.2) is 47.0 Å². The van der Waals surface area contributed by atoms with Crippen LogP contribution in [0.25, 0.3) is 22.8 Å². The van der Waals surface area contributed by atoms with Gasteiger partial charge in [-0.1, -0.05) is 5.16 Å². The second kappa shape index (κ2) is 4.73. The summed E-state index contributed by atoms with van der Waals surface area (Å²) in [6.45, 7) is 0. The van der Waals surface area contributed by atoms with Crippen molar-refractivity contribution < 1.29 is 13.3 Å². The Labute approximate surface area is 112 Å². The topological polar surface area (TPSA) is 64.9 Å². The van der Waals surface area contributed by atoms with Crippen LogP contribution in [0, 0.1) is 11.6 Å². The summed E-state index contributed by atoms with van der Waals surface area (Å²) in [5, 5.41) is 3.72. The van der Waals surface area contributed by atoms with Gasteiger partial charge in [0.05, 0.1) is 0 Å². The van der Waals surface area contributed by atoms with E-state index in [1.54, 1.807) is 24.3 Å².